The Balaban J connectivity index is 3.41. The lowest BCUT2D eigenvalue weighted by atomic mass is 9.98. The lowest BCUT2D eigenvalue weighted by Gasteiger charge is -2.08. The van der Waals surface area contributed by atoms with Crippen molar-refractivity contribution in [3.05, 3.63) is 11.6 Å². The van der Waals surface area contributed by atoms with Gasteiger partial charge in [0.2, 0.25) is 0 Å². The molecular weight excluding hydrogens is 236 g/mol. The van der Waals surface area contributed by atoms with Crippen molar-refractivity contribution in [2.75, 3.05) is 0 Å². The smallest absolute Gasteiger partial charge is 0.330 e. The molecule has 0 fully saturated rings. The Morgan fingerprint density at radius 2 is 1.58 bits per heavy atom. The summed E-state index contributed by atoms with van der Waals surface area (Å²) in [5.74, 6) is -0.186. The number of carboxylic acids is 1. The Morgan fingerprint density at radius 3 is 2.11 bits per heavy atom. The van der Waals surface area contributed by atoms with Gasteiger partial charge in [0.1, 0.15) is 0 Å². The predicted octanol–water partition coefficient (Wildman–Crippen LogP) is 5.57. The van der Waals surface area contributed by atoms with Gasteiger partial charge in [-0.2, -0.15) is 0 Å². The van der Waals surface area contributed by atoms with Gasteiger partial charge < -0.3 is 5.11 Å². The summed E-state index contributed by atoms with van der Waals surface area (Å²) in [5, 5.41) is 8.76. The van der Waals surface area contributed by atoms with Crippen LogP contribution in [0.1, 0.15) is 85.0 Å². The van der Waals surface area contributed by atoms with Crippen LogP contribution in [-0.4, -0.2) is 11.1 Å². The van der Waals surface area contributed by atoms with Crippen molar-refractivity contribution < 1.29 is 9.90 Å². The van der Waals surface area contributed by atoms with Crippen LogP contribution in [0, 0.1) is 5.92 Å². The lowest BCUT2D eigenvalue weighted by Crippen LogP contribution is -1.98. The maximum Gasteiger partial charge on any atom is 0.330 e. The van der Waals surface area contributed by atoms with E-state index in [0.29, 0.717) is 11.5 Å². The Hall–Kier alpha value is -0.790. The van der Waals surface area contributed by atoms with Crippen LogP contribution in [0.4, 0.5) is 0 Å². The largest absolute Gasteiger partial charge is 0.478 e. The molecule has 0 saturated heterocycles. The molecule has 0 saturated carbocycles. The number of hydrogen-bond acceptors (Lipinski definition) is 1. The third kappa shape index (κ3) is 12.0. The third-order valence-corrected chi connectivity index (χ3v) is 3.71. The average Bonchev–Trinajstić information content (AvgIpc) is 2.38. The van der Waals surface area contributed by atoms with E-state index < -0.39 is 5.97 Å². The zero-order chi connectivity index (χ0) is 14.5. The molecule has 1 unspecified atom stereocenters. The van der Waals surface area contributed by atoms with Gasteiger partial charge in [0.15, 0.2) is 0 Å². The summed E-state index contributed by atoms with van der Waals surface area (Å²) < 4.78 is 0. The molecule has 2 nitrogen and oxygen atoms in total. The summed E-state index contributed by atoms with van der Waals surface area (Å²) in [6.45, 7) is 6.14. The van der Waals surface area contributed by atoms with Crippen LogP contribution in [0.25, 0.3) is 0 Å². The molecule has 0 aromatic rings. The van der Waals surface area contributed by atoms with Gasteiger partial charge in [-0.1, -0.05) is 77.7 Å². The predicted molar refractivity (Wildman–Crippen MR) is 82.4 cm³/mol. The zero-order valence-corrected chi connectivity index (χ0v) is 13.1. The molecule has 0 spiro atoms. The fourth-order valence-electron chi connectivity index (χ4n) is 2.21. The molecule has 1 atom stereocenters. The molecule has 19 heavy (non-hydrogen) atoms. The minimum atomic E-state index is -0.792. The standard InChI is InChI=1S/C17H32O2/c1-4-5-6-7-8-9-10-11-12-15(2)13-14-16(3)17(18)19/h14-15H,4-13H2,1-3H3,(H,18,19)/b16-14+. The molecule has 1 N–H and O–H groups in total. The second kappa shape index (κ2) is 12.3. The van der Waals surface area contributed by atoms with E-state index in [1.807, 2.05) is 6.08 Å². The molecule has 0 aliphatic rings. The highest BCUT2D eigenvalue weighted by molar-refractivity contribution is 5.85. The Bertz CT molecular complexity index is 256. The highest BCUT2D eigenvalue weighted by atomic mass is 16.4. The quantitative estimate of drug-likeness (QED) is 0.371. The summed E-state index contributed by atoms with van der Waals surface area (Å²) in [5.41, 5.74) is 0.475. The van der Waals surface area contributed by atoms with Gasteiger partial charge in [0, 0.05) is 5.57 Å². The second-order valence-corrected chi connectivity index (χ2v) is 5.80. The van der Waals surface area contributed by atoms with Crippen LogP contribution >= 0.6 is 0 Å². The molecule has 0 aromatic carbocycles. The van der Waals surface area contributed by atoms with Crippen LogP contribution in [-0.2, 0) is 4.79 Å². The lowest BCUT2D eigenvalue weighted by molar-refractivity contribution is -0.132. The highest BCUT2D eigenvalue weighted by Crippen LogP contribution is 2.16. The first-order valence-electron chi connectivity index (χ1n) is 7.98. The first-order chi connectivity index (χ1) is 9.07. The number of carbonyl (C=O) groups is 1. The summed E-state index contributed by atoms with van der Waals surface area (Å²) in [6.07, 6.45) is 14.8. The van der Waals surface area contributed by atoms with Gasteiger partial charge in [0.05, 0.1) is 0 Å². The van der Waals surface area contributed by atoms with Crippen molar-refractivity contribution in [3.8, 4) is 0 Å². The fraction of sp³-hybridized carbons (Fsp3) is 0.824. The first-order valence-corrected chi connectivity index (χ1v) is 7.98. The normalized spacial score (nSPS) is 13.5. The van der Waals surface area contributed by atoms with Gasteiger partial charge in [-0.3, -0.25) is 0 Å². The number of hydrogen-bond donors (Lipinski definition) is 1. The summed E-state index contributed by atoms with van der Waals surface area (Å²) in [4.78, 5) is 10.7. The van der Waals surface area contributed by atoms with Crippen molar-refractivity contribution in [1.29, 1.82) is 0 Å². The Morgan fingerprint density at radius 1 is 1.05 bits per heavy atom. The highest BCUT2D eigenvalue weighted by Gasteiger charge is 2.03. The minimum Gasteiger partial charge on any atom is -0.478 e. The van der Waals surface area contributed by atoms with Gasteiger partial charge in [-0.05, 0) is 19.3 Å². The van der Waals surface area contributed by atoms with Crippen LogP contribution in [0.5, 0.6) is 0 Å². The van der Waals surface area contributed by atoms with Gasteiger partial charge in [-0.25, -0.2) is 4.79 Å². The molecule has 112 valence electrons. The fourth-order valence-corrected chi connectivity index (χ4v) is 2.21. The molecule has 0 amide bonds. The topological polar surface area (TPSA) is 37.3 Å². The number of rotatable bonds is 12. The summed E-state index contributed by atoms with van der Waals surface area (Å²) >= 11 is 0. The number of unbranched alkanes of at least 4 members (excludes halogenated alkanes) is 7. The molecular formula is C17H32O2. The molecule has 0 radical (unpaired) electrons. The summed E-state index contributed by atoms with van der Waals surface area (Å²) in [7, 11) is 0. The van der Waals surface area contributed by atoms with Crippen molar-refractivity contribution >= 4 is 5.97 Å². The SMILES string of the molecule is CCCCCCCCCCC(C)C/C=C(\C)C(=O)O. The van der Waals surface area contributed by atoms with E-state index in [0.717, 1.165) is 6.42 Å². The second-order valence-electron chi connectivity index (χ2n) is 5.80. The molecule has 2 heteroatoms. The van der Waals surface area contributed by atoms with Gasteiger partial charge in [-0.15, -0.1) is 0 Å². The first kappa shape index (κ1) is 18.2. The molecule has 0 aliphatic carbocycles. The maximum atomic E-state index is 10.7. The number of aliphatic carboxylic acids is 1. The number of allylic oxidation sites excluding steroid dienone is 1. The maximum absolute atomic E-state index is 10.7. The Labute approximate surface area is 119 Å². The molecule has 0 aliphatic heterocycles. The van der Waals surface area contributed by atoms with Crippen molar-refractivity contribution in [3.63, 3.8) is 0 Å². The van der Waals surface area contributed by atoms with E-state index in [1.54, 1.807) is 6.92 Å². The van der Waals surface area contributed by atoms with E-state index in [1.165, 1.54) is 57.8 Å². The number of carboxylic acid groups (broad SMARTS) is 1. The van der Waals surface area contributed by atoms with Crippen LogP contribution in [0.3, 0.4) is 0 Å². The van der Waals surface area contributed by atoms with Crippen LogP contribution in [0.15, 0.2) is 11.6 Å². The van der Waals surface area contributed by atoms with Crippen LogP contribution in [0.2, 0.25) is 0 Å². The van der Waals surface area contributed by atoms with Crippen LogP contribution < -0.4 is 0 Å². The van der Waals surface area contributed by atoms with E-state index in [-0.39, 0.29) is 0 Å². The Kier molecular flexibility index (Phi) is 11.7. The molecule has 0 bridgehead atoms. The van der Waals surface area contributed by atoms with Crippen molar-refractivity contribution in [2.45, 2.75) is 85.0 Å². The van der Waals surface area contributed by atoms with Gasteiger partial charge in [0.25, 0.3) is 0 Å². The third-order valence-electron chi connectivity index (χ3n) is 3.71. The summed E-state index contributed by atoms with van der Waals surface area (Å²) in [6, 6.07) is 0. The van der Waals surface area contributed by atoms with E-state index in [2.05, 4.69) is 13.8 Å². The van der Waals surface area contributed by atoms with Crippen molar-refractivity contribution in [2.24, 2.45) is 5.92 Å². The average molecular weight is 268 g/mol. The minimum absolute atomic E-state index is 0.475. The molecule has 0 heterocycles. The molecule has 0 aromatic heterocycles. The van der Waals surface area contributed by atoms with Gasteiger partial charge >= 0.3 is 5.97 Å². The van der Waals surface area contributed by atoms with E-state index in [9.17, 15) is 4.79 Å². The monoisotopic (exact) mass is 268 g/mol. The zero-order valence-electron chi connectivity index (χ0n) is 13.1. The molecule has 0 rings (SSSR count). The van der Waals surface area contributed by atoms with E-state index in [4.69, 9.17) is 5.11 Å². The van der Waals surface area contributed by atoms with E-state index >= 15 is 0 Å². The van der Waals surface area contributed by atoms with Crippen molar-refractivity contribution in [1.82, 2.24) is 0 Å².